The second kappa shape index (κ2) is 15.9. The molecule has 0 spiro atoms. The van der Waals surface area contributed by atoms with Crippen LogP contribution < -0.4 is 16.4 Å². The van der Waals surface area contributed by atoms with Gasteiger partial charge in [0.05, 0.1) is 0 Å². The van der Waals surface area contributed by atoms with Gasteiger partial charge in [0.2, 0.25) is 0 Å². The van der Waals surface area contributed by atoms with Crippen LogP contribution in [0.5, 0.6) is 0 Å². The van der Waals surface area contributed by atoms with Gasteiger partial charge in [0.1, 0.15) is 0 Å². The summed E-state index contributed by atoms with van der Waals surface area (Å²) in [6.07, 6.45) is 24.5. The number of rotatable bonds is 18. The van der Waals surface area contributed by atoms with Crippen LogP contribution in [0.3, 0.4) is 0 Å². The maximum Gasteiger partial charge on any atom is 0.0188 e. The summed E-state index contributed by atoms with van der Waals surface area (Å²) in [5.74, 6) is 5.89. The van der Waals surface area contributed by atoms with Gasteiger partial charge in [-0.15, -0.1) is 0 Å². The van der Waals surface area contributed by atoms with Gasteiger partial charge in [-0.25, -0.2) is 0 Å². The Morgan fingerprint density at radius 3 is 2.09 bits per heavy atom. The highest BCUT2D eigenvalue weighted by Gasteiger charge is 2.69. The van der Waals surface area contributed by atoms with Crippen LogP contribution in [0, 0.1) is 57.7 Å². The Balaban J connectivity index is 1.45. The summed E-state index contributed by atoms with van der Waals surface area (Å²) in [4.78, 5) is 0. The maximum absolute atomic E-state index is 7.87. The van der Waals surface area contributed by atoms with Crippen molar-refractivity contribution >= 4 is 0 Å². The molecule has 4 aliphatic rings. The fraction of sp³-hybridized carbons (Fsp3) is 1.00. The zero-order chi connectivity index (χ0) is 32.0. The predicted molar refractivity (Wildman–Crippen MR) is 193 cm³/mol. The second-order valence-electron chi connectivity index (χ2n) is 18.2. The van der Waals surface area contributed by atoms with E-state index in [1.807, 2.05) is 0 Å². The first-order valence-corrected chi connectivity index (χ1v) is 20.2. The summed E-state index contributed by atoms with van der Waals surface area (Å²) in [6, 6.07) is 0. The Labute approximate surface area is 276 Å². The first kappa shape index (κ1) is 36.7. The van der Waals surface area contributed by atoms with Crippen molar-refractivity contribution in [1.29, 1.82) is 0 Å². The summed E-state index contributed by atoms with van der Waals surface area (Å²) in [5, 5.41) is 7.40. The molecule has 0 bridgehead atoms. The fourth-order valence-electron chi connectivity index (χ4n) is 12.8. The number of fused-ring (bicyclic) bond motifs is 5. The Morgan fingerprint density at radius 1 is 0.773 bits per heavy atom. The molecule has 0 saturated heterocycles. The average molecular weight is 614 g/mol. The normalized spacial score (nSPS) is 40.0. The number of unbranched alkanes of at least 4 members (excludes halogenated alkanes) is 2. The quantitative estimate of drug-likeness (QED) is 0.135. The van der Waals surface area contributed by atoms with Crippen molar-refractivity contribution in [2.24, 2.45) is 63.4 Å². The van der Waals surface area contributed by atoms with Gasteiger partial charge in [-0.2, -0.15) is 0 Å². The van der Waals surface area contributed by atoms with Gasteiger partial charge in [0.25, 0.3) is 0 Å². The number of hydrogen-bond donors (Lipinski definition) is 3. The van der Waals surface area contributed by atoms with Gasteiger partial charge >= 0.3 is 0 Å². The second-order valence-corrected chi connectivity index (χ2v) is 18.2. The van der Waals surface area contributed by atoms with Gasteiger partial charge in [-0.3, -0.25) is 0 Å². The average Bonchev–Trinajstić information content (AvgIpc) is 3.29. The molecule has 0 heterocycles. The van der Waals surface area contributed by atoms with Crippen molar-refractivity contribution in [2.75, 3.05) is 26.2 Å². The van der Waals surface area contributed by atoms with Crippen LogP contribution >= 0.6 is 0 Å². The van der Waals surface area contributed by atoms with E-state index in [-0.39, 0.29) is 5.54 Å². The van der Waals surface area contributed by atoms with E-state index in [1.165, 1.54) is 129 Å². The SMILES string of the molecule is CCCCNCCCCNCCCC(N)(CCCC(C)C)C1C(CC)CC2(C)C1CCC1C3(C)CCCC(C)C3CCC12C. The smallest absolute Gasteiger partial charge is 0.0188 e. The zero-order valence-electron chi connectivity index (χ0n) is 31.2. The molecule has 10 unspecified atom stereocenters. The van der Waals surface area contributed by atoms with Gasteiger partial charge in [0.15, 0.2) is 0 Å². The van der Waals surface area contributed by atoms with Crippen molar-refractivity contribution in [2.45, 2.75) is 177 Å². The third kappa shape index (κ3) is 7.46. The zero-order valence-corrected chi connectivity index (χ0v) is 31.2. The third-order valence-electron chi connectivity index (χ3n) is 15.2. The van der Waals surface area contributed by atoms with Crippen LogP contribution in [0.4, 0.5) is 0 Å². The minimum atomic E-state index is -0.00742. The van der Waals surface area contributed by atoms with Crippen LogP contribution in [-0.4, -0.2) is 31.7 Å². The van der Waals surface area contributed by atoms with Gasteiger partial charge in [0, 0.05) is 5.54 Å². The number of nitrogens with one attached hydrogen (secondary N) is 2. The fourth-order valence-corrected chi connectivity index (χ4v) is 12.8. The lowest BCUT2D eigenvalue weighted by Crippen LogP contribution is -2.62. The van der Waals surface area contributed by atoms with E-state index in [1.54, 1.807) is 0 Å². The molecular weight excluding hydrogens is 534 g/mol. The molecule has 0 aromatic rings. The standard InChI is InChI=1S/C41H79N3/c1-9-11-26-43-27-12-13-28-44-29-16-24-41(42,23-14-17-31(3)4)37-33(10-2)30-40(8)35(37)19-20-36-38(6)22-15-18-32(5)34(38)21-25-39(36,40)7/h31-37,43-44H,9-30,42H2,1-8H3. The molecule has 0 radical (unpaired) electrons. The number of nitrogens with two attached hydrogens (primary N) is 1. The van der Waals surface area contributed by atoms with Crippen molar-refractivity contribution in [3.63, 3.8) is 0 Å². The minimum Gasteiger partial charge on any atom is -0.325 e. The van der Waals surface area contributed by atoms with Gasteiger partial charge in [-0.05, 0) is 161 Å². The maximum atomic E-state index is 7.87. The van der Waals surface area contributed by atoms with E-state index in [0.717, 1.165) is 48.6 Å². The van der Waals surface area contributed by atoms with Gasteiger partial charge in [-0.1, -0.05) is 93.9 Å². The van der Waals surface area contributed by atoms with E-state index in [9.17, 15) is 0 Å². The molecule has 0 amide bonds. The van der Waals surface area contributed by atoms with Crippen LogP contribution in [0.1, 0.15) is 171 Å². The summed E-state index contributed by atoms with van der Waals surface area (Å²) >= 11 is 0. The minimum absolute atomic E-state index is 0.00742. The molecule has 44 heavy (non-hydrogen) atoms. The van der Waals surface area contributed by atoms with Crippen LogP contribution in [0.15, 0.2) is 0 Å². The molecule has 3 nitrogen and oxygen atoms in total. The molecule has 258 valence electrons. The molecule has 4 aliphatic carbocycles. The topological polar surface area (TPSA) is 50.1 Å². The van der Waals surface area contributed by atoms with Crippen molar-refractivity contribution in [3.8, 4) is 0 Å². The Hall–Kier alpha value is -0.120. The first-order chi connectivity index (χ1) is 21.0. The van der Waals surface area contributed by atoms with Crippen molar-refractivity contribution < 1.29 is 0 Å². The Morgan fingerprint density at radius 2 is 1.43 bits per heavy atom. The van der Waals surface area contributed by atoms with E-state index in [4.69, 9.17) is 5.73 Å². The molecule has 4 rings (SSSR count). The lowest BCUT2D eigenvalue weighted by molar-refractivity contribution is -0.191. The van der Waals surface area contributed by atoms with Crippen LogP contribution in [0.25, 0.3) is 0 Å². The van der Waals surface area contributed by atoms with E-state index in [2.05, 4.69) is 66.0 Å². The molecule has 0 aromatic heterocycles. The summed E-state index contributed by atoms with van der Waals surface area (Å²) in [6.45, 7) is 25.2. The van der Waals surface area contributed by atoms with Crippen molar-refractivity contribution in [1.82, 2.24) is 10.6 Å². The Kier molecular flexibility index (Phi) is 13.2. The molecular formula is C41H79N3. The molecule has 4 saturated carbocycles. The van der Waals surface area contributed by atoms with Crippen molar-refractivity contribution in [3.05, 3.63) is 0 Å². The lowest BCUT2D eigenvalue weighted by Gasteiger charge is -2.68. The molecule has 4 N–H and O–H groups in total. The highest BCUT2D eigenvalue weighted by molar-refractivity contribution is 5.19. The Bertz CT molecular complexity index is 857. The molecule has 0 aromatic carbocycles. The highest BCUT2D eigenvalue weighted by atomic mass is 14.9. The van der Waals surface area contributed by atoms with Crippen LogP contribution in [0.2, 0.25) is 0 Å². The highest BCUT2D eigenvalue weighted by Crippen LogP contribution is 2.75. The first-order valence-electron chi connectivity index (χ1n) is 20.2. The molecule has 4 fully saturated rings. The van der Waals surface area contributed by atoms with E-state index >= 15 is 0 Å². The largest absolute Gasteiger partial charge is 0.325 e. The van der Waals surface area contributed by atoms with Crippen LogP contribution in [-0.2, 0) is 0 Å². The third-order valence-corrected chi connectivity index (χ3v) is 15.2. The summed E-state index contributed by atoms with van der Waals surface area (Å²) < 4.78 is 0. The van der Waals surface area contributed by atoms with E-state index < -0.39 is 0 Å². The van der Waals surface area contributed by atoms with Gasteiger partial charge < -0.3 is 16.4 Å². The summed E-state index contributed by atoms with van der Waals surface area (Å²) in [5.41, 5.74) is 9.35. The lowest BCUT2D eigenvalue weighted by atomic mass is 9.37. The molecule has 0 aliphatic heterocycles. The van der Waals surface area contributed by atoms with E-state index in [0.29, 0.717) is 22.2 Å². The molecule has 10 atom stereocenters. The predicted octanol–water partition coefficient (Wildman–Crippen LogP) is 10.4. The number of hydrogen-bond acceptors (Lipinski definition) is 3. The monoisotopic (exact) mass is 614 g/mol. The summed E-state index contributed by atoms with van der Waals surface area (Å²) in [7, 11) is 0. The molecule has 3 heteroatoms.